The standard InChI is InChI=1S/C12H17N5O5/c13-12-15-10-9(11(16-12)21-2-1-18)14-5-17(10)8-3-6(20)7(4-19)22-8/h5-8,18-20H,1-4H2,(H2,13,15,16). The molecule has 2 aromatic rings. The first-order valence-corrected chi connectivity index (χ1v) is 6.82. The molecular formula is C12H17N5O5. The lowest BCUT2D eigenvalue weighted by atomic mass is 10.2. The number of nitrogens with two attached hydrogens (primary N) is 1. The zero-order valence-electron chi connectivity index (χ0n) is 11.7. The minimum absolute atomic E-state index is 0.000515. The fourth-order valence-corrected chi connectivity index (χ4v) is 2.41. The highest BCUT2D eigenvalue weighted by Crippen LogP contribution is 2.32. The molecule has 2 aromatic heterocycles. The largest absolute Gasteiger partial charge is 0.474 e. The van der Waals surface area contributed by atoms with E-state index in [1.165, 1.54) is 6.33 Å². The van der Waals surface area contributed by atoms with Crippen LogP contribution in [0, 0.1) is 0 Å². The van der Waals surface area contributed by atoms with Gasteiger partial charge in [0.05, 0.1) is 25.6 Å². The van der Waals surface area contributed by atoms with Gasteiger partial charge >= 0.3 is 0 Å². The molecule has 0 aromatic carbocycles. The van der Waals surface area contributed by atoms with Crippen LogP contribution in [0.2, 0.25) is 0 Å². The average Bonchev–Trinajstić information content (AvgIpc) is 3.07. The van der Waals surface area contributed by atoms with Crippen molar-refractivity contribution in [3.63, 3.8) is 0 Å². The van der Waals surface area contributed by atoms with E-state index in [1.807, 2.05) is 0 Å². The van der Waals surface area contributed by atoms with Crippen LogP contribution in [-0.4, -0.2) is 66.9 Å². The van der Waals surface area contributed by atoms with Crippen molar-refractivity contribution in [2.75, 3.05) is 25.6 Å². The van der Waals surface area contributed by atoms with E-state index in [4.69, 9.17) is 25.4 Å². The molecule has 3 rings (SSSR count). The Morgan fingerprint density at radius 3 is 2.91 bits per heavy atom. The van der Waals surface area contributed by atoms with Crippen molar-refractivity contribution in [1.82, 2.24) is 19.5 Å². The maximum atomic E-state index is 9.83. The van der Waals surface area contributed by atoms with E-state index in [1.54, 1.807) is 4.57 Å². The molecule has 22 heavy (non-hydrogen) atoms. The molecule has 0 saturated carbocycles. The molecule has 120 valence electrons. The molecule has 3 atom stereocenters. The molecular weight excluding hydrogens is 294 g/mol. The highest BCUT2D eigenvalue weighted by Gasteiger charge is 2.35. The topological polar surface area (TPSA) is 149 Å². The number of aromatic nitrogens is 4. The third-order valence-corrected chi connectivity index (χ3v) is 3.43. The van der Waals surface area contributed by atoms with Gasteiger partial charge in [0.15, 0.2) is 11.2 Å². The first-order valence-electron chi connectivity index (χ1n) is 6.82. The van der Waals surface area contributed by atoms with Crippen LogP contribution in [-0.2, 0) is 4.74 Å². The number of anilines is 1. The second-order valence-electron chi connectivity index (χ2n) is 4.90. The summed E-state index contributed by atoms with van der Waals surface area (Å²) in [6, 6.07) is 0. The Kier molecular flexibility index (Phi) is 4.07. The average molecular weight is 311 g/mol. The van der Waals surface area contributed by atoms with Gasteiger partial charge < -0.3 is 30.5 Å². The summed E-state index contributed by atoms with van der Waals surface area (Å²) >= 11 is 0. The van der Waals surface area contributed by atoms with E-state index >= 15 is 0 Å². The Bertz CT molecular complexity index is 663. The van der Waals surface area contributed by atoms with E-state index in [9.17, 15) is 5.11 Å². The van der Waals surface area contributed by atoms with E-state index in [0.717, 1.165) is 0 Å². The summed E-state index contributed by atoms with van der Waals surface area (Å²) in [7, 11) is 0. The van der Waals surface area contributed by atoms with Crippen LogP contribution in [0.4, 0.5) is 5.95 Å². The lowest BCUT2D eigenvalue weighted by Crippen LogP contribution is -2.24. The number of imidazole rings is 1. The van der Waals surface area contributed by atoms with Gasteiger partial charge in [-0.3, -0.25) is 4.57 Å². The zero-order chi connectivity index (χ0) is 15.7. The molecule has 0 amide bonds. The van der Waals surface area contributed by atoms with Crippen molar-refractivity contribution in [3.8, 4) is 5.88 Å². The first kappa shape index (κ1) is 14.9. The van der Waals surface area contributed by atoms with Gasteiger partial charge in [0.25, 0.3) is 0 Å². The quantitative estimate of drug-likeness (QED) is 0.513. The molecule has 1 aliphatic heterocycles. The number of nitrogens with zero attached hydrogens (tertiary/aromatic N) is 4. The van der Waals surface area contributed by atoms with Gasteiger partial charge in [-0.15, -0.1) is 0 Å². The van der Waals surface area contributed by atoms with Crippen molar-refractivity contribution >= 4 is 17.1 Å². The molecule has 0 bridgehead atoms. The van der Waals surface area contributed by atoms with Crippen molar-refractivity contribution in [2.24, 2.45) is 0 Å². The highest BCUT2D eigenvalue weighted by molar-refractivity contribution is 5.77. The van der Waals surface area contributed by atoms with Crippen molar-refractivity contribution in [1.29, 1.82) is 0 Å². The van der Waals surface area contributed by atoms with Crippen LogP contribution in [0.15, 0.2) is 6.33 Å². The Morgan fingerprint density at radius 1 is 1.41 bits per heavy atom. The summed E-state index contributed by atoms with van der Waals surface area (Å²) in [6.07, 6.45) is -0.143. The number of aliphatic hydroxyl groups is 3. The lowest BCUT2D eigenvalue weighted by molar-refractivity contribution is -0.0432. The highest BCUT2D eigenvalue weighted by atomic mass is 16.5. The molecule has 5 N–H and O–H groups in total. The fourth-order valence-electron chi connectivity index (χ4n) is 2.41. The summed E-state index contributed by atoms with van der Waals surface area (Å²) in [5.74, 6) is 0.173. The Balaban J connectivity index is 1.96. The summed E-state index contributed by atoms with van der Waals surface area (Å²) in [5, 5.41) is 27.8. The second kappa shape index (κ2) is 6.01. The Hall–Kier alpha value is -2.01. The van der Waals surface area contributed by atoms with Crippen LogP contribution in [0.1, 0.15) is 12.6 Å². The number of nitrogen functional groups attached to an aromatic ring is 1. The Morgan fingerprint density at radius 2 is 2.23 bits per heavy atom. The molecule has 3 unspecified atom stereocenters. The molecule has 0 spiro atoms. The zero-order valence-corrected chi connectivity index (χ0v) is 11.7. The molecule has 1 aliphatic rings. The van der Waals surface area contributed by atoms with Crippen LogP contribution in [0.3, 0.4) is 0 Å². The van der Waals surface area contributed by atoms with E-state index in [2.05, 4.69) is 15.0 Å². The SMILES string of the molecule is Nc1nc(OCCO)c2ncn(C3CC(O)C(CO)O3)c2n1. The molecule has 0 radical (unpaired) electrons. The van der Waals surface area contributed by atoms with Crippen LogP contribution < -0.4 is 10.5 Å². The van der Waals surface area contributed by atoms with Crippen LogP contribution >= 0.6 is 0 Å². The lowest BCUT2D eigenvalue weighted by Gasteiger charge is -2.13. The second-order valence-corrected chi connectivity index (χ2v) is 4.90. The number of rotatable bonds is 5. The monoisotopic (exact) mass is 311 g/mol. The molecule has 10 heteroatoms. The maximum Gasteiger partial charge on any atom is 0.247 e. The third kappa shape index (κ3) is 2.57. The first-order chi connectivity index (χ1) is 10.6. The van der Waals surface area contributed by atoms with Gasteiger partial charge in [-0.05, 0) is 0 Å². The summed E-state index contributed by atoms with van der Waals surface area (Å²) < 4.78 is 12.5. The summed E-state index contributed by atoms with van der Waals surface area (Å²) in [5.41, 5.74) is 6.45. The predicted molar refractivity (Wildman–Crippen MR) is 73.9 cm³/mol. The maximum absolute atomic E-state index is 9.83. The van der Waals surface area contributed by atoms with Crippen LogP contribution in [0.5, 0.6) is 5.88 Å². The molecule has 0 aliphatic carbocycles. The van der Waals surface area contributed by atoms with Gasteiger partial charge in [-0.2, -0.15) is 9.97 Å². The minimum atomic E-state index is -0.767. The van der Waals surface area contributed by atoms with E-state index < -0.39 is 18.4 Å². The van der Waals surface area contributed by atoms with Crippen LogP contribution in [0.25, 0.3) is 11.2 Å². The fraction of sp³-hybridized carbons (Fsp3) is 0.583. The summed E-state index contributed by atoms with van der Waals surface area (Å²) in [4.78, 5) is 12.3. The van der Waals surface area contributed by atoms with Gasteiger partial charge in [0, 0.05) is 6.42 Å². The number of hydrogen-bond acceptors (Lipinski definition) is 9. The van der Waals surface area contributed by atoms with Gasteiger partial charge in [0.1, 0.15) is 18.9 Å². The molecule has 1 fully saturated rings. The van der Waals surface area contributed by atoms with E-state index in [-0.39, 0.29) is 31.6 Å². The predicted octanol–water partition coefficient (Wildman–Crippen LogP) is -1.58. The minimum Gasteiger partial charge on any atom is -0.474 e. The summed E-state index contributed by atoms with van der Waals surface area (Å²) in [6.45, 7) is -0.377. The van der Waals surface area contributed by atoms with Crippen molar-refractivity contribution < 1.29 is 24.8 Å². The van der Waals surface area contributed by atoms with Gasteiger partial charge in [-0.1, -0.05) is 0 Å². The molecule has 3 heterocycles. The third-order valence-electron chi connectivity index (χ3n) is 3.43. The molecule has 1 saturated heterocycles. The Labute approximate surface area is 125 Å². The van der Waals surface area contributed by atoms with Crippen molar-refractivity contribution in [2.45, 2.75) is 24.9 Å². The number of ether oxygens (including phenoxy) is 2. The number of hydrogen-bond donors (Lipinski definition) is 4. The normalized spacial score (nSPS) is 25.0. The number of aliphatic hydroxyl groups excluding tert-OH is 3. The van der Waals surface area contributed by atoms with E-state index in [0.29, 0.717) is 17.6 Å². The smallest absolute Gasteiger partial charge is 0.247 e. The van der Waals surface area contributed by atoms with Gasteiger partial charge in [-0.25, -0.2) is 4.98 Å². The van der Waals surface area contributed by atoms with Gasteiger partial charge in [0.2, 0.25) is 11.8 Å². The number of fused-ring (bicyclic) bond motifs is 1. The van der Waals surface area contributed by atoms with Crippen molar-refractivity contribution in [3.05, 3.63) is 6.33 Å². The molecule has 10 nitrogen and oxygen atoms in total.